The quantitative estimate of drug-likeness (QED) is 0.751. The topological polar surface area (TPSA) is 116 Å². The average molecular weight is 292 g/mol. The summed E-state index contributed by atoms with van der Waals surface area (Å²) in [6.45, 7) is 0. The molecule has 2 aromatic rings. The van der Waals surface area contributed by atoms with Crippen LogP contribution in [0.4, 0.5) is 5.69 Å². The molecule has 8 heteroatoms. The molecule has 0 saturated carbocycles. The highest BCUT2D eigenvalue weighted by molar-refractivity contribution is 6.31. The Hall–Kier alpha value is -2.59. The van der Waals surface area contributed by atoms with Crippen LogP contribution in [-0.2, 0) is 0 Å². The van der Waals surface area contributed by atoms with E-state index in [0.717, 1.165) is 0 Å². The molecule has 0 bridgehead atoms. The molecular weight excluding hydrogens is 282 g/mol. The van der Waals surface area contributed by atoms with E-state index in [4.69, 9.17) is 22.6 Å². The van der Waals surface area contributed by atoms with Gasteiger partial charge >= 0.3 is 0 Å². The SMILES string of the molecule is CN(C)C(=O)c1c(N)c2cc(C#N)c(Cl)nc2[nH]c1=O. The summed E-state index contributed by atoms with van der Waals surface area (Å²) in [5.74, 6) is -0.529. The lowest BCUT2D eigenvalue weighted by molar-refractivity contribution is 0.0827. The molecule has 0 unspecified atom stereocenters. The second kappa shape index (κ2) is 4.83. The standard InChI is InChI=1S/C12H10ClN5O2/c1-18(2)12(20)7-8(15)6-3-5(4-14)9(13)16-10(6)17-11(7)19/h3H,1-2H3,(H3,15,16,17,19). The number of nitrogens with one attached hydrogen (secondary N) is 1. The summed E-state index contributed by atoms with van der Waals surface area (Å²) in [5, 5.41) is 9.19. The number of hydrogen-bond donors (Lipinski definition) is 2. The Morgan fingerprint density at radius 1 is 1.55 bits per heavy atom. The molecule has 102 valence electrons. The van der Waals surface area contributed by atoms with Crippen molar-refractivity contribution in [2.75, 3.05) is 19.8 Å². The molecule has 0 aliphatic rings. The highest BCUT2D eigenvalue weighted by atomic mass is 35.5. The number of aromatic amines is 1. The van der Waals surface area contributed by atoms with E-state index < -0.39 is 11.5 Å². The zero-order valence-corrected chi connectivity index (χ0v) is 11.4. The maximum Gasteiger partial charge on any atom is 0.264 e. The van der Waals surface area contributed by atoms with Gasteiger partial charge in [-0.15, -0.1) is 0 Å². The predicted molar refractivity (Wildman–Crippen MR) is 74.5 cm³/mol. The van der Waals surface area contributed by atoms with Crippen molar-refractivity contribution in [3.8, 4) is 6.07 Å². The van der Waals surface area contributed by atoms with Gasteiger partial charge in [0.15, 0.2) is 0 Å². The van der Waals surface area contributed by atoms with Crippen molar-refractivity contribution >= 4 is 34.2 Å². The number of nitriles is 1. The second-order valence-electron chi connectivity index (χ2n) is 4.28. The van der Waals surface area contributed by atoms with Crippen LogP contribution < -0.4 is 11.3 Å². The molecule has 2 aromatic heterocycles. The van der Waals surface area contributed by atoms with Gasteiger partial charge in [0.2, 0.25) is 0 Å². The molecular formula is C12H10ClN5O2. The minimum atomic E-state index is -0.651. The number of rotatable bonds is 1. The van der Waals surface area contributed by atoms with Crippen LogP contribution in [0.25, 0.3) is 11.0 Å². The number of fused-ring (bicyclic) bond motifs is 1. The fourth-order valence-corrected chi connectivity index (χ4v) is 1.91. The van der Waals surface area contributed by atoms with Gasteiger partial charge in [0.25, 0.3) is 11.5 Å². The monoisotopic (exact) mass is 291 g/mol. The van der Waals surface area contributed by atoms with Gasteiger partial charge in [0.1, 0.15) is 22.4 Å². The van der Waals surface area contributed by atoms with Crippen molar-refractivity contribution < 1.29 is 4.79 Å². The number of aromatic nitrogens is 2. The fourth-order valence-electron chi connectivity index (χ4n) is 1.73. The number of pyridine rings is 2. The van der Waals surface area contributed by atoms with Gasteiger partial charge in [-0.3, -0.25) is 9.59 Å². The minimum absolute atomic E-state index is 0.0249. The number of hydrogen-bond acceptors (Lipinski definition) is 5. The molecule has 20 heavy (non-hydrogen) atoms. The first kappa shape index (κ1) is 13.8. The van der Waals surface area contributed by atoms with Crippen LogP contribution >= 0.6 is 11.6 Å². The van der Waals surface area contributed by atoms with Crippen LogP contribution in [-0.4, -0.2) is 34.9 Å². The Morgan fingerprint density at radius 3 is 2.75 bits per heavy atom. The van der Waals surface area contributed by atoms with E-state index in [2.05, 4.69) is 9.97 Å². The van der Waals surface area contributed by atoms with Gasteiger partial charge in [-0.2, -0.15) is 5.26 Å². The van der Waals surface area contributed by atoms with Crippen LogP contribution in [0.2, 0.25) is 5.15 Å². The van der Waals surface area contributed by atoms with Crippen LogP contribution in [0.15, 0.2) is 10.9 Å². The molecule has 0 fully saturated rings. The first-order valence-electron chi connectivity index (χ1n) is 5.50. The third-order valence-corrected chi connectivity index (χ3v) is 3.02. The maximum absolute atomic E-state index is 12.0. The van der Waals surface area contributed by atoms with E-state index in [9.17, 15) is 9.59 Å². The van der Waals surface area contributed by atoms with Crippen molar-refractivity contribution in [1.82, 2.24) is 14.9 Å². The van der Waals surface area contributed by atoms with Crippen LogP contribution in [0, 0.1) is 11.3 Å². The summed E-state index contributed by atoms with van der Waals surface area (Å²) in [4.78, 5) is 31.5. The number of nitrogens with two attached hydrogens (primary N) is 1. The number of carbonyl (C=O) groups excluding carboxylic acids is 1. The summed E-state index contributed by atoms with van der Waals surface area (Å²) >= 11 is 5.79. The minimum Gasteiger partial charge on any atom is -0.397 e. The van der Waals surface area contributed by atoms with Gasteiger partial charge < -0.3 is 15.6 Å². The Bertz CT molecular complexity index is 819. The Kier molecular flexibility index (Phi) is 3.34. The zero-order chi connectivity index (χ0) is 15.0. The Labute approximate surface area is 118 Å². The Balaban J connectivity index is 2.88. The van der Waals surface area contributed by atoms with Crippen molar-refractivity contribution in [2.24, 2.45) is 0 Å². The molecule has 0 atom stereocenters. The molecule has 0 radical (unpaired) electrons. The molecule has 2 rings (SSSR count). The van der Waals surface area contributed by atoms with E-state index in [-0.39, 0.29) is 27.6 Å². The molecule has 0 spiro atoms. The number of H-pyrrole nitrogens is 1. The largest absolute Gasteiger partial charge is 0.397 e. The normalized spacial score (nSPS) is 10.3. The molecule has 3 N–H and O–H groups in total. The third-order valence-electron chi connectivity index (χ3n) is 2.74. The molecule has 0 aliphatic heterocycles. The number of amides is 1. The number of nitrogens with zero attached hydrogens (tertiary/aromatic N) is 3. The van der Waals surface area contributed by atoms with Gasteiger partial charge in [0.05, 0.1) is 11.3 Å². The van der Waals surface area contributed by atoms with E-state index in [1.165, 1.54) is 25.1 Å². The van der Waals surface area contributed by atoms with E-state index >= 15 is 0 Å². The average Bonchev–Trinajstić information content (AvgIpc) is 2.37. The third kappa shape index (κ3) is 2.06. The molecule has 7 nitrogen and oxygen atoms in total. The lowest BCUT2D eigenvalue weighted by Crippen LogP contribution is -2.30. The van der Waals surface area contributed by atoms with Crippen LogP contribution in [0.3, 0.4) is 0 Å². The lowest BCUT2D eigenvalue weighted by atomic mass is 10.1. The number of anilines is 1. The smallest absolute Gasteiger partial charge is 0.264 e. The van der Waals surface area contributed by atoms with Crippen LogP contribution in [0.5, 0.6) is 0 Å². The van der Waals surface area contributed by atoms with Crippen molar-refractivity contribution in [1.29, 1.82) is 5.26 Å². The summed E-state index contributed by atoms with van der Waals surface area (Å²) in [7, 11) is 3.01. The molecule has 2 heterocycles. The summed E-state index contributed by atoms with van der Waals surface area (Å²) in [5.41, 5.74) is 5.26. The highest BCUT2D eigenvalue weighted by Crippen LogP contribution is 2.24. The number of nitrogen functional groups attached to an aromatic ring is 1. The molecule has 1 amide bonds. The maximum atomic E-state index is 12.0. The van der Waals surface area contributed by atoms with Gasteiger partial charge in [0, 0.05) is 19.5 Å². The first-order valence-corrected chi connectivity index (χ1v) is 5.88. The lowest BCUT2D eigenvalue weighted by Gasteiger charge is -2.12. The Morgan fingerprint density at radius 2 is 2.20 bits per heavy atom. The van der Waals surface area contributed by atoms with E-state index in [0.29, 0.717) is 5.39 Å². The summed E-state index contributed by atoms with van der Waals surface area (Å²) in [6.07, 6.45) is 0. The number of carbonyl (C=O) groups is 1. The number of halogens is 1. The van der Waals surface area contributed by atoms with Gasteiger partial charge in [-0.05, 0) is 6.07 Å². The van der Waals surface area contributed by atoms with Crippen LogP contribution in [0.1, 0.15) is 15.9 Å². The second-order valence-corrected chi connectivity index (χ2v) is 4.64. The van der Waals surface area contributed by atoms with Crippen molar-refractivity contribution in [3.05, 3.63) is 32.7 Å². The van der Waals surface area contributed by atoms with Gasteiger partial charge in [-0.25, -0.2) is 4.98 Å². The molecule has 0 aliphatic carbocycles. The van der Waals surface area contributed by atoms with Crippen molar-refractivity contribution in [3.63, 3.8) is 0 Å². The van der Waals surface area contributed by atoms with Gasteiger partial charge in [-0.1, -0.05) is 11.6 Å². The predicted octanol–water partition coefficient (Wildman–Crippen LogP) is 0.732. The summed E-state index contributed by atoms with van der Waals surface area (Å²) in [6, 6.07) is 3.25. The zero-order valence-electron chi connectivity index (χ0n) is 10.7. The summed E-state index contributed by atoms with van der Waals surface area (Å²) < 4.78 is 0. The fraction of sp³-hybridized carbons (Fsp3) is 0.167. The van der Waals surface area contributed by atoms with E-state index in [1.807, 2.05) is 6.07 Å². The first-order chi connectivity index (χ1) is 9.36. The molecule has 0 saturated heterocycles. The van der Waals surface area contributed by atoms with Crippen molar-refractivity contribution in [2.45, 2.75) is 0 Å². The highest BCUT2D eigenvalue weighted by Gasteiger charge is 2.20. The molecule has 0 aromatic carbocycles. The van der Waals surface area contributed by atoms with E-state index in [1.54, 1.807) is 0 Å².